The molecule has 29 heavy (non-hydrogen) atoms. The van der Waals surface area contributed by atoms with Gasteiger partial charge < -0.3 is 9.64 Å². The number of carbonyl (C=O) groups is 2. The van der Waals surface area contributed by atoms with Crippen LogP contribution in [0.4, 0.5) is 0 Å². The second kappa shape index (κ2) is 8.43. The molecular formula is C20H19N3O5S. The summed E-state index contributed by atoms with van der Waals surface area (Å²) in [5.74, 6) is -0.726. The Morgan fingerprint density at radius 3 is 2.14 bits per heavy atom. The first-order valence-corrected chi connectivity index (χ1v) is 10.3. The number of hydrogen-bond donors (Lipinski definition) is 0. The molecule has 0 radical (unpaired) electrons. The highest BCUT2D eigenvalue weighted by Crippen LogP contribution is 2.21. The molecule has 0 unspecified atom stereocenters. The first-order chi connectivity index (χ1) is 13.9. The third-order valence-corrected chi connectivity index (χ3v) is 6.66. The minimum Gasteiger partial charge on any atom is -0.465 e. The van der Waals surface area contributed by atoms with Crippen LogP contribution in [0.15, 0.2) is 53.4 Å². The smallest absolute Gasteiger partial charge is 0.337 e. The van der Waals surface area contributed by atoms with E-state index in [1.165, 1.54) is 35.7 Å². The molecule has 1 aliphatic rings. The maximum atomic E-state index is 12.9. The molecule has 9 heteroatoms. The standard InChI is InChI=1S/C20H19N3O5S/c1-28-20(25)16-8-6-15(7-9-16)19(24)22-10-12-23(13-11-22)29(26,27)18-5-3-2-4-17(18)14-21/h2-9H,10-13H2,1H3. The minimum atomic E-state index is -3.82. The van der Waals surface area contributed by atoms with Crippen LogP contribution < -0.4 is 0 Å². The van der Waals surface area contributed by atoms with Gasteiger partial charge in [0.1, 0.15) is 6.07 Å². The zero-order valence-corrected chi connectivity index (χ0v) is 16.6. The van der Waals surface area contributed by atoms with Gasteiger partial charge in [-0.3, -0.25) is 4.79 Å². The summed E-state index contributed by atoms with van der Waals surface area (Å²) in [4.78, 5) is 25.7. The van der Waals surface area contributed by atoms with Gasteiger partial charge in [0.05, 0.1) is 23.1 Å². The van der Waals surface area contributed by atoms with Gasteiger partial charge in [-0.05, 0) is 36.4 Å². The van der Waals surface area contributed by atoms with Crippen molar-refractivity contribution in [1.82, 2.24) is 9.21 Å². The first-order valence-electron chi connectivity index (χ1n) is 8.85. The largest absolute Gasteiger partial charge is 0.465 e. The van der Waals surface area contributed by atoms with Gasteiger partial charge in [0.2, 0.25) is 10.0 Å². The summed E-state index contributed by atoms with van der Waals surface area (Å²) in [7, 11) is -2.53. The molecule has 3 rings (SSSR count). The van der Waals surface area contributed by atoms with E-state index in [1.54, 1.807) is 29.2 Å². The average Bonchev–Trinajstić information content (AvgIpc) is 2.78. The Labute approximate surface area is 169 Å². The van der Waals surface area contributed by atoms with Crippen molar-refractivity contribution in [2.75, 3.05) is 33.3 Å². The topological polar surface area (TPSA) is 108 Å². The molecule has 0 saturated carbocycles. The Kier molecular flexibility index (Phi) is 5.96. The molecule has 1 fully saturated rings. The van der Waals surface area contributed by atoms with Gasteiger partial charge in [-0.25, -0.2) is 13.2 Å². The molecular weight excluding hydrogens is 394 g/mol. The van der Waals surface area contributed by atoms with Crippen molar-refractivity contribution >= 4 is 21.9 Å². The molecule has 0 spiro atoms. The number of rotatable bonds is 4. The summed E-state index contributed by atoms with van der Waals surface area (Å²) < 4.78 is 31.7. The Morgan fingerprint density at radius 2 is 1.55 bits per heavy atom. The van der Waals surface area contributed by atoms with Gasteiger partial charge in [-0.2, -0.15) is 9.57 Å². The number of carbonyl (C=O) groups excluding carboxylic acids is 2. The number of nitrogens with zero attached hydrogens (tertiary/aromatic N) is 3. The molecule has 1 amide bonds. The predicted octanol–water partition coefficient (Wildman–Crippen LogP) is 1.49. The lowest BCUT2D eigenvalue weighted by atomic mass is 10.1. The van der Waals surface area contributed by atoms with Crippen LogP contribution in [0.1, 0.15) is 26.3 Å². The molecule has 2 aromatic rings. The number of sulfonamides is 1. The minimum absolute atomic E-state index is 0.0272. The van der Waals surface area contributed by atoms with E-state index in [4.69, 9.17) is 0 Å². The number of nitriles is 1. The third kappa shape index (κ3) is 4.13. The summed E-state index contributed by atoms with van der Waals surface area (Å²) in [6.45, 7) is 0.721. The van der Waals surface area contributed by atoms with Crippen molar-refractivity contribution < 1.29 is 22.7 Å². The Bertz CT molecular complexity index is 1070. The van der Waals surface area contributed by atoms with E-state index < -0.39 is 16.0 Å². The van der Waals surface area contributed by atoms with Crippen molar-refractivity contribution in [3.63, 3.8) is 0 Å². The lowest BCUT2D eigenvalue weighted by Crippen LogP contribution is -2.50. The van der Waals surface area contributed by atoms with Gasteiger partial charge in [-0.15, -0.1) is 0 Å². The number of hydrogen-bond acceptors (Lipinski definition) is 6. The Hall–Kier alpha value is -3.22. The van der Waals surface area contributed by atoms with Crippen molar-refractivity contribution in [2.45, 2.75) is 4.90 Å². The average molecular weight is 413 g/mol. The third-order valence-electron chi connectivity index (χ3n) is 4.70. The number of methoxy groups -OCH3 is 1. The van der Waals surface area contributed by atoms with Gasteiger partial charge in [0.25, 0.3) is 5.91 Å². The van der Waals surface area contributed by atoms with Crippen molar-refractivity contribution in [3.05, 3.63) is 65.2 Å². The van der Waals surface area contributed by atoms with Crippen molar-refractivity contribution in [2.24, 2.45) is 0 Å². The van der Waals surface area contributed by atoms with E-state index in [1.807, 2.05) is 6.07 Å². The second-order valence-corrected chi connectivity index (χ2v) is 8.28. The van der Waals surface area contributed by atoms with Crippen molar-refractivity contribution in [3.8, 4) is 6.07 Å². The van der Waals surface area contributed by atoms with E-state index in [0.29, 0.717) is 11.1 Å². The van der Waals surface area contributed by atoms with Crippen LogP contribution in [0.5, 0.6) is 0 Å². The fraction of sp³-hybridized carbons (Fsp3) is 0.250. The monoisotopic (exact) mass is 413 g/mol. The molecule has 1 saturated heterocycles. The molecule has 1 heterocycles. The van der Waals surface area contributed by atoms with Crippen molar-refractivity contribution in [1.29, 1.82) is 5.26 Å². The summed E-state index contributed by atoms with van der Waals surface area (Å²) in [5, 5.41) is 9.18. The molecule has 8 nitrogen and oxygen atoms in total. The molecule has 0 atom stereocenters. The summed E-state index contributed by atoms with van der Waals surface area (Å²) in [5.41, 5.74) is 0.844. The van der Waals surface area contributed by atoms with Crippen LogP contribution in [0.25, 0.3) is 0 Å². The van der Waals surface area contributed by atoms with Crippen LogP contribution in [0.2, 0.25) is 0 Å². The van der Waals surface area contributed by atoms with Gasteiger partial charge in [0, 0.05) is 31.7 Å². The van der Waals surface area contributed by atoms with E-state index in [0.717, 1.165) is 0 Å². The lowest BCUT2D eigenvalue weighted by molar-refractivity contribution is 0.0599. The van der Waals surface area contributed by atoms with Gasteiger partial charge in [-0.1, -0.05) is 12.1 Å². The van der Waals surface area contributed by atoms with Gasteiger partial charge in [0.15, 0.2) is 0 Å². The molecule has 0 aromatic heterocycles. The predicted molar refractivity (Wildman–Crippen MR) is 104 cm³/mol. The highest BCUT2D eigenvalue weighted by Gasteiger charge is 2.31. The fourth-order valence-corrected chi connectivity index (χ4v) is 4.67. The van der Waals surface area contributed by atoms with Crippen LogP contribution in [0.3, 0.4) is 0 Å². The molecule has 0 aliphatic carbocycles. The zero-order valence-electron chi connectivity index (χ0n) is 15.7. The van der Waals surface area contributed by atoms with Crippen LogP contribution >= 0.6 is 0 Å². The number of amides is 1. The SMILES string of the molecule is COC(=O)c1ccc(C(=O)N2CCN(S(=O)(=O)c3ccccc3C#N)CC2)cc1. The highest BCUT2D eigenvalue weighted by molar-refractivity contribution is 7.89. The van der Waals surface area contributed by atoms with Crippen LogP contribution in [-0.2, 0) is 14.8 Å². The maximum absolute atomic E-state index is 12.9. The quantitative estimate of drug-likeness (QED) is 0.703. The maximum Gasteiger partial charge on any atom is 0.337 e. The molecule has 2 aromatic carbocycles. The molecule has 0 N–H and O–H groups in total. The number of esters is 1. The van der Waals surface area contributed by atoms with Crippen LogP contribution in [-0.4, -0.2) is 62.8 Å². The number of ether oxygens (including phenoxy) is 1. The molecule has 0 bridgehead atoms. The van der Waals surface area contributed by atoms with E-state index >= 15 is 0 Å². The van der Waals surface area contributed by atoms with E-state index in [-0.39, 0.29) is 42.5 Å². The Morgan fingerprint density at radius 1 is 0.966 bits per heavy atom. The highest BCUT2D eigenvalue weighted by atomic mass is 32.2. The first kappa shape index (κ1) is 20.5. The summed E-state index contributed by atoms with van der Waals surface area (Å²) in [6.07, 6.45) is 0. The summed E-state index contributed by atoms with van der Waals surface area (Å²) >= 11 is 0. The normalized spacial score (nSPS) is 14.8. The van der Waals surface area contributed by atoms with Crippen LogP contribution in [0, 0.1) is 11.3 Å². The number of piperazine rings is 1. The molecule has 150 valence electrons. The van der Waals surface area contributed by atoms with E-state index in [2.05, 4.69) is 4.74 Å². The lowest BCUT2D eigenvalue weighted by Gasteiger charge is -2.34. The molecule has 1 aliphatic heterocycles. The van der Waals surface area contributed by atoms with Gasteiger partial charge >= 0.3 is 5.97 Å². The van der Waals surface area contributed by atoms with E-state index in [9.17, 15) is 23.3 Å². The summed E-state index contributed by atoms with van der Waals surface area (Å²) in [6, 6.07) is 14.1. The second-order valence-electron chi connectivity index (χ2n) is 6.37. The fourth-order valence-electron chi connectivity index (χ4n) is 3.10. The number of benzene rings is 2. The zero-order chi connectivity index (χ0) is 21.0. The Balaban J connectivity index is 1.69.